The highest BCUT2D eigenvalue weighted by Crippen LogP contribution is 2.56. The number of benzene rings is 16. The Morgan fingerprint density at radius 2 is 0.661 bits per heavy atom. The average Bonchev–Trinajstić information content (AvgIpc) is 0.983. The Morgan fingerprint density at radius 3 is 1.12 bits per heavy atom. The van der Waals surface area contributed by atoms with E-state index in [-0.39, 0.29) is 24.3 Å². The summed E-state index contributed by atoms with van der Waals surface area (Å²) in [5, 5.41) is 2.52. The third-order valence-corrected chi connectivity index (χ3v) is 24.8. The fraction of sp³-hybridized carbons (Fsp3) is 0.0769. The number of rotatable bonds is 11. The van der Waals surface area contributed by atoms with Gasteiger partial charge in [0.15, 0.2) is 0 Å². The topological polar surface area (TPSA) is 17.9 Å². The van der Waals surface area contributed by atoms with E-state index in [4.69, 9.17) is 0 Å². The van der Waals surface area contributed by atoms with Crippen molar-refractivity contribution in [3.63, 3.8) is 0 Å². The molecule has 532 valence electrons. The second kappa shape index (κ2) is 26.4. The van der Waals surface area contributed by atoms with Crippen LogP contribution in [0, 0.1) is 0 Å². The normalized spacial score (nSPS) is 13.1. The summed E-state index contributed by atoms with van der Waals surface area (Å²) in [4.78, 5) is 12.8. The molecule has 8 heteroatoms. The van der Waals surface area contributed by atoms with Gasteiger partial charge < -0.3 is 24.2 Å². The minimum absolute atomic E-state index is 0.0719. The first kappa shape index (κ1) is 67.1. The summed E-state index contributed by atoms with van der Waals surface area (Å²) in [6, 6.07) is 140. The summed E-state index contributed by atoms with van der Waals surface area (Å²) in [6.07, 6.45) is 0. The van der Waals surface area contributed by atoms with Crippen LogP contribution in [0.15, 0.2) is 380 Å². The molecule has 0 atom stereocenters. The quantitative estimate of drug-likeness (QED) is 0.120. The van der Waals surface area contributed by atoms with E-state index in [1.165, 1.54) is 75.5 Å². The van der Waals surface area contributed by atoms with Crippen molar-refractivity contribution >= 4 is 148 Å². The zero-order valence-corrected chi connectivity index (χ0v) is 64.3. The number of hydrogen-bond acceptors (Lipinski definition) is 5. The summed E-state index contributed by atoms with van der Waals surface area (Å²) < 4.78 is 2.59. The van der Waals surface area contributed by atoms with Gasteiger partial charge in [-0.15, -0.1) is 0 Å². The molecule has 0 N–H and O–H groups in total. The molecule has 17 aromatic rings. The van der Waals surface area contributed by atoms with Crippen LogP contribution in [0.2, 0.25) is 0 Å². The van der Waals surface area contributed by atoms with Crippen molar-refractivity contribution in [3.05, 3.63) is 381 Å². The van der Waals surface area contributed by atoms with Crippen molar-refractivity contribution in [2.24, 2.45) is 0 Å². The SMILES string of the molecule is CC(C)(C)c1ccc2c(c1)c1cc(C(C)(C)C)ccc1n2-c1cc2c3c(c1)N(c1c(-c4ccccc4)cccc1-c1ccccc1)c1ccccc1B3c1cc3c(cc1S2)N(c1c(-c2ccccc2)cccc1-c1ccccc1)c1cc(N(c2ccccc2)c2ccccc2)cc2c1B3c1ccccc1N2c1ccccc1. The molecule has 0 bridgehead atoms. The predicted molar refractivity (Wildman–Crippen MR) is 479 cm³/mol. The van der Waals surface area contributed by atoms with Gasteiger partial charge in [-0.05, 0) is 175 Å². The van der Waals surface area contributed by atoms with Gasteiger partial charge in [-0.2, -0.15) is 0 Å². The van der Waals surface area contributed by atoms with E-state index in [0.29, 0.717) is 0 Å². The smallest absolute Gasteiger partial charge is 0.252 e. The zero-order valence-electron chi connectivity index (χ0n) is 63.5. The van der Waals surface area contributed by atoms with E-state index in [1.807, 2.05) is 11.8 Å². The molecule has 0 fully saturated rings. The van der Waals surface area contributed by atoms with Crippen LogP contribution in [-0.2, 0) is 10.8 Å². The number of nitrogens with zero attached hydrogens (tertiary/aromatic N) is 5. The van der Waals surface area contributed by atoms with Crippen molar-refractivity contribution in [1.29, 1.82) is 0 Å². The van der Waals surface area contributed by atoms with Gasteiger partial charge in [0.2, 0.25) is 6.71 Å². The molecule has 1 aromatic heterocycles. The van der Waals surface area contributed by atoms with Gasteiger partial charge in [-0.25, -0.2) is 0 Å². The van der Waals surface area contributed by atoms with E-state index >= 15 is 0 Å². The highest BCUT2D eigenvalue weighted by atomic mass is 32.2. The molecule has 0 radical (unpaired) electrons. The molecule has 21 rings (SSSR count). The van der Waals surface area contributed by atoms with Crippen molar-refractivity contribution in [3.8, 4) is 50.2 Å². The lowest BCUT2D eigenvalue weighted by Gasteiger charge is -2.46. The first-order valence-corrected chi connectivity index (χ1v) is 40.0. The Balaban J connectivity index is 0.897. The Bertz CT molecular complexity index is 6350. The van der Waals surface area contributed by atoms with E-state index in [1.54, 1.807) is 0 Å². The second-order valence-corrected chi connectivity index (χ2v) is 33.4. The molecule has 0 saturated carbocycles. The van der Waals surface area contributed by atoms with Crippen molar-refractivity contribution in [2.75, 3.05) is 19.6 Å². The van der Waals surface area contributed by atoms with Crippen LogP contribution in [0.3, 0.4) is 0 Å². The van der Waals surface area contributed by atoms with Crippen molar-refractivity contribution in [1.82, 2.24) is 4.57 Å². The zero-order chi connectivity index (χ0) is 75.1. The van der Waals surface area contributed by atoms with Crippen LogP contribution >= 0.6 is 11.8 Å². The fourth-order valence-corrected chi connectivity index (χ4v) is 19.7. The molecule has 0 amide bonds. The molecule has 0 unspecified atom stereocenters. The maximum atomic E-state index is 2.71. The Hall–Kier alpha value is -13.0. The maximum Gasteiger partial charge on any atom is 0.252 e. The lowest BCUT2D eigenvalue weighted by atomic mass is 9.31. The number of fused-ring (bicyclic) bond motifs is 11. The van der Waals surface area contributed by atoms with Gasteiger partial charge in [-0.1, -0.05) is 326 Å². The average molecular weight is 1450 g/mol. The van der Waals surface area contributed by atoms with Crippen molar-refractivity contribution in [2.45, 2.75) is 62.2 Å². The van der Waals surface area contributed by atoms with Crippen LogP contribution in [0.5, 0.6) is 0 Å². The fourth-order valence-electron chi connectivity index (χ4n) is 18.5. The highest BCUT2D eigenvalue weighted by Gasteiger charge is 2.49. The monoisotopic (exact) mass is 1450 g/mol. The highest BCUT2D eigenvalue weighted by molar-refractivity contribution is 8.00. The molecular formula is C104H79B2N5S. The van der Waals surface area contributed by atoms with Gasteiger partial charge in [0.25, 0.3) is 6.71 Å². The van der Waals surface area contributed by atoms with Crippen LogP contribution in [0.25, 0.3) is 72.0 Å². The van der Waals surface area contributed by atoms with Gasteiger partial charge in [0, 0.05) is 99.7 Å². The minimum Gasteiger partial charge on any atom is -0.311 e. The molecule has 4 aliphatic heterocycles. The Labute approximate surface area is 661 Å². The van der Waals surface area contributed by atoms with Gasteiger partial charge in [0.05, 0.1) is 28.1 Å². The standard InChI is InChI=1S/C104H79B2N5S/c1-103(2,3)72-56-58-89-83(60-72)84-61-73(104(4,5)6)57-59-90(84)109(89)78-64-96-100-98(65-78)112-97-67-93-87(66-88(97)106(100)86-53-29-31-55-92(86)110(96)101-79(68-34-14-7-15-35-68)48-32-49-80(101)69-36-16-8-17-37-69)105-85-52-28-30-54-91(85)108(76-46-26-13-27-47-76)94-62-77(107(74-42-22-11-23-43-74)75-44-24-12-25-45-75)63-95(99(94)105)111(93)102-81(70-38-18-9-19-39-70)50-33-51-82(102)71-40-20-10-21-41-71/h7-67H,1-6H3. The lowest BCUT2D eigenvalue weighted by Crippen LogP contribution is -2.64. The minimum atomic E-state index is -0.222. The first-order chi connectivity index (χ1) is 54.9. The molecular weight excluding hydrogens is 1370 g/mol. The molecule has 16 aromatic carbocycles. The van der Waals surface area contributed by atoms with Gasteiger partial charge in [-0.3, -0.25) is 0 Å². The third-order valence-electron chi connectivity index (χ3n) is 23.7. The summed E-state index contributed by atoms with van der Waals surface area (Å²) in [7, 11) is 0. The van der Waals surface area contributed by atoms with E-state index in [9.17, 15) is 0 Å². The van der Waals surface area contributed by atoms with Gasteiger partial charge in [0.1, 0.15) is 0 Å². The molecule has 0 aliphatic carbocycles. The van der Waals surface area contributed by atoms with Crippen LogP contribution < -0.4 is 52.4 Å². The van der Waals surface area contributed by atoms with E-state index in [2.05, 4.69) is 436 Å². The Morgan fingerprint density at radius 1 is 0.268 bits per heavy atom. The van der Waals surface area contributed by atoms with E-state index in [0.717, 1.165) is 118 Å². The summed E-state index contributed by atoms with van der Waals surface area (Å²) in [5.41, 5.74) is 36.1. The van der Waals surface area contributed by atoms with Crippen LogP contribution in [0.4, 0.5) is 68.2 Å². The number of anilines is 12. The molecule has 4 aliphatic rings. The Kier molecular flexibility index (Phi) is 15.8. The number of hydrogen-bond donors (Lipinski definition) is 0. The number of para-hydroxylation sites is 7. The molecule has 112 heavy (non-hydrogen) atoms. The van der Waals surface area contributed by atoms with E-state index < -0.39 is 0 Å². The molecule has 0 spiro atoms. The summed E-state index contributed by atoms with van der Waals surface area (Å²) in [6.45, 7) is 13.6. The summed E-state index contributed by atoms with van der Waals surface area (Å²) in [5.74, 6) is 0. The third kappa shape index (κ3) is 10.9. The van der Waals surface area contributed by atoms with Crippen molar-refractivity contribution < 1.29 is 0 Å². The second-order valence-electron chi connectivity index (χ2n) is 32.3. The van der Waals surface area contributed by atoms with Gasteiger partial charge >= 0.3 is 0 Å². The summed E-state index contributed by atoms with van der Waals surface area (Å²) >= 11 is 1.94. The molecule has 5 nitrogen and oxygen atoms in total. The van der Waals surface area contributed by atoms with Crippen LogP contribution in [0.1, 0.15) is 52.7 Å². The molecule has 5 heterocycles. The van der Waals surface area contributed by atoms with Crippen LogP contribution in [-0.4, -0.2) is 18.0 Å². The maximum absolute atomic E-state index is 2.71. The largest absolute Gasteiger partial charge is 0.311 e. The number of aromatic nitrogens is 1. The lowest BCUT2D eigenvalue weighted by molar-refractivity contribution is 0.590. The first-order valence-electron chi connectivity index (χ1n) is 39.2. The predicted octanol–water partition coefficient (Wildman–Crippen LogP) is 24.4. The molecule has 0 saturated heterocycles.